The number of hydrogen-bond acceptors (Lipinski definition) is 3. The Labute approximate surface area is 172 Å². The zero-order valence-electron chi connectivity index (χ0n) is 18.5. The van der Waals surface area contributed by atoms with Crippen molar-refractivity contribution in [2.45, 2.75) is 77.9 Å². The topological polar surface area (TPSA) is 84.3 Å². The van der Waals surface area contributed by atoms with E-state index in [2.05, 4.69) is 58.6 Å². The first-order valence-corrected chi connectivity index (χ1v) is 10.2. The van der Waals surface area contributed by atoms with E-state index in [1.165, 1.54) is 9.80 Å². The van der Waals surface area contributed by atoms with Crippen LogP contribution < -0.4 is 9.80 Å². The minimum Gasteiger partial charge on any atom is -0.465 e. The Hall–Kier alpha value is -2.44. The molecule has 1 saturated heterocycles. The summed E-state index contributed by atoms with van der Waals surface area (Å²) in [5, 5.41) is 19.4. The van der Waals surface area contributed by atoms with Crippen LogP contribution in [0.25, 0.3) is 0 Å². The Morgan fingerprint density at radius 1 is 1.03 bits per heavy atom. The molecule has 2 atom stereocenters. The largest absolute Gasteiger partial charge is 0.465 e. The molecule has 29 heavy (non-hydrogen) atoms. The van der Waals surface area contributed by atoms with Crippen molar-refractivity contribution < 1.29 is 19.8 Å². The number of hydrogen-bond donors (Lipinski definition) is 2. The predicted molar refractivity (Wildman–Crippen MR) is 114 cm³/mol. The summed E-state index contributed by atoms with van der Waals surface area (Å²) in [5.41, 5.74) is 3.35. The van der Waals surface area contributed by atoms with Crippen molar-refractivity contribution in [1.29, 1.82) is 0 Å². The molecule has 2 heterocycles. The third kappa shape index (κ3) is 3.63. The van der Waals surface area contributed by atoms with E-state index in [-0.39, 0.29) is 23.0 Å². The number of rotatable bonds is 1. The van der Waals surface area contributed by atoms with E-state index in [4.69, 9.17) is 0 Å². The number of anilines is 2. The molecule has 0 aliphatic carbocycles. The molecular weight excluding hydrogens is 370 g/mol. The fraction of sp³-hybridized carbons (Fsp3) is 0.636. The van der Waals surface area contributed by atoms with Gasteiger partial charge in [0.05, 0.1) is 11.7 Å². The summed E-state index contributed by atoms with van der Waals surface area (Å²) in [4.78, 5) is 28.9. The smallest absolute Gasteiger partial charge is 0.412 e. The molecule has 7 heteroatoms. The summed E-state index contributed by atoms with van der Waals surface area (Å²) in [7, 11) is 0. The number of fused-ring (bicyclic) bond motifs is 3. The van der Waals surface area contributed by atoms with Crippen LogP contribution in [0.5, 0.6) is 0 Å². The van der Waals surface area contributed by atoms with Crippen LogP contribution >= 0.6 is 0 Å². The number of carboxylic acid groups (broad SMARTS) is 2. The minimum atomic E-state index is -0.970. The maximum absolute atomic E-state index is 12.1. The van der Waals surface area contributed by atoms with E-state index in [1.54, 1.807) is 0 Å². The van der Waals surface area contributed by atoms with E-state index in [1.807, 2.05) is 6.92 Å². The van der Waals surface area contributed by atoms with Gasteiger partial charge in [0, 0.05) is 35.8 Å². The van der Waals surface area contributed by atoms with Crippen LogP contribution in [-0.4, -0.2) is 57.5 Å². The zero-order chi connectivity index (χ0) is 21.9. The van der Waals surface area contributed by atoms with Crippen LogP contribution in [0.2, 0.25) is 0 Å². The van der Waals surface area contributed by atoms with Crippen LogP contribution in [0.3, 0.4) is 0 Å². The van der Waals surface area contributed by atoms with Gasteiger partial charge in [0.1, 0.15) is 0 Å². The highest BCUT2D eigenvalue weighted by Gasteiger charge is 2.47. The van der Waals surface area contributed by atoms with Gasteiger partial charge in [-0.2, -0.15) is 0 Å². The van der Waals surface area contributed by atoms with Crippen molar-refractivity contribution >= 4 is 23.6 Å². The number of carbonyl (C=O) groups is 2. The van der Waals surface area contributed by atoms with Crippen molar-refractivity contribution in [3.63, 3.8) is 0 Å². The second-order valence-electron chi connectivity index (χ2n) is 10.2. The Balaban J connectivity index is 2.17. The molecule has 1 aromatic carbocycles. The first kappa shape index (κ1) is 21.3. The number of benzene rings is 1. The maximum atomic E-state index is 12.1. The van der Waals surface area contributed by atoms with Gasteiger partial charge in [0.25, 0.3) is 0 Å². The number of likely N-dealkylation sites (tertiary alicyclic amines) is 1. The van der Waals surface area contributed by atoms with Gasteiger partial charge >= 0.3 is 12.2 Å². The molecule has 0 radical (unpaired) electrons. The minimum absolute atomic E-state index is 0.136. The molecule has 2 amide bonds. The summed E-state index contributed by atoms with van der Waals surface area (Å²) in [6.45, 7) is 15.6. The second kappa shape index (κ2) is 6.82. The van der Waals surface area contributed by atoms with E-state index < -0.39 is 12.2 Å². The van der Waals surface area contributed by atoms with Crippen LogP contribution in [0.4, 0.5) is 21.0 Å². The average molecular weight is 404 g/mol. The van der Waals surface area contributed by atoms with Crippen molar-refractivity contribution in [3.05, 3.63) is 23.3 Å². The third-order valence-electron chi connectivity index (χ3n) is 5.94. The van der Waals surface area contributed by atoms with Crippen LogP contribution in [0.15, 0.2) is 12.1 Å². The molecule has 2 aliphatic heterocycles. The zero-order valence-corrected chi connectivity index (χ0v) is 18.5. The Morgan fingerprint density at radius 3 is 2.10 bits per heavy atom. The molecule has 1 aromatic rings. The standard InChI is InChI=1S/C22H33N3O4/c1-13-10-14(25(21(2,3)4)22(5,6)7)11-15-16-12-23(19(26)27)9-8-17(16)24(18(13)15)20(28)29/h10-11,16-17H,8-9,12H2,1-7H3,(H,26,27)(H,28,29)/t16-,17-/m0/s1. The molecule has 0 saturated carbocycles. The Bertz CT molecular complexity index is 824. The lowest BCUT2D eigenvalue weighted by Gasteiger charge is -2.47. The highest BCUT2D eigenvalue weighted by Crippen LogP contribution is 2.49. The lowest BCUT2D eigenvalue weighted by Crippen LogP contribution is -2.53. The van der Waals surface area contributed by atoms with Crippen molar-refractivity contribution in [2.24, 2.45) is 0 Å². The lowest BCUT2D eigenvalue weighted by molar-refractivity contribution is 0.126. The molecule has 1 fully saturated rings. The normalized spacial score (nSPS) is 21.6. The van der Waals surface area contributed by atoms with Gasteiger partial charge in [-0.1, -0.05) is 0 Å². The summed E-state index contributed by atoms with van der Waals surface area (Å²) in [6, 6.07) is 3.94. The van der Waals surface area contributed by atoms with E-state index in [9.17, 15) is 19.8 Å². The van der Waals surface area contributed by atoms with E-state index in [0.29, 0.717) is 19.5 Å². The van der Waals surface area contributed by atoms with Gasteiger partial charge < -0.3 is 20.0 Å². The molecule has 0 aromatic heterocycles. The quantitative estimate of drug-likeness (QED) is 0.708. The third-order valence-corrected chi connectivity index (χ3v) is 5.94. The van der Waals surface area contributed by atoms with Crippen LogP contribution in [0.1, 0.15) is 65.0 Å². The van der Waals surface area contributed by atoms with Crippen molar-refractivity contribution in [1.82, 2.24) is 4.90 Å². The molecule has 0 spiro atoms. The summed E-state index contributed by atoms with van der Waals surface area (Å²) in [5.74, 6) is -0.147. The van der Waals surface area contributed by atoms with Crippen LogP contribution in [-0.2, 0) is 0 Å². The van der Waals surface area contributed by atoms with Crippen molar-refractivity contribution in [2.75, 3.05) is 22.9 Å². The van der Waals surface area contributed by atoms with Gasteiger partial charge in [-0.15, -0.1) is 0 Å². The number of piperidine rings is 1. The first-order valence-electron chi connectivity index (χ1n) is 10.2. The van der Waals surface area contributed by atoms with Gasteiger partial charge in [-0.05, 0) is 78.1 Å². The summed E-state index contributed by atoms with van der Waals surface area (Å²) in [6.07, 6.45) is -1.41. The lowest BCUT2D eigenvalue weighted by atomic mass is 9.87. The maximum Gasteiger partial charge on any atom is 0.412 e. The molecule has 3 rings (SSSR count). The molecule has 2 N–H and O–H groups in total. The van der Waals surface area contributed by atoms with Gasteiger partial charge in [0.15, 0.2) is 0 Å². The van der Waals surface area contributed by atoms with Gasteiger partial charge in [-0.3, -0.25) is 4.90 Å². The summed E-state index contributed by atoms with van der Waals surface area (Å²) >= 11 is 0. The predicted octanol–water partition coefficient (Wildman–Crippen LogP) is 4.73. The van der Waals surface area contributed by atoms with Gasteiger partial charge in [-0.25, -0.2) is 9.59 Å². The average Bonchev–Trinajstić information content (AvgIpc) is 2.86. The molecule has 0 bridgehead atoms. The molecule has 160 valence electrons. The fourth-order valence-electron chi connectivity index (χ4n) is 5.44. The Kier molecular flexibility index (Phi) is 5.00. The monoisotopic (exact) mass is 403 g/mol. The van der Waals surface area contributed by atoms with Crippen LogP contribution in [0, 0.1) is 6.92 Å². The second-order valence-corrected chi connectivity index (χ2v) is 10.2. The van der Waals surface area contributed by atoms with E-state index >= 15 is 0 Å². The highest BCUT2D eigenvalue weighted by atomic mass is 16.4. The van der Waals surface area contributed by atoms with Gasteiger partial charge in [0.2, 0.25) is 0 Å². The first-order chi connectivity index (χ1) is 13.2. The van der Waals surface area contributed by atoms with E-state index in [0.717, 1.165) is 22.5 Å². The molecular formula is C22H33N3O4. The number of aryl methyl sites for hydroxylation is 1. The Morgan fingerprint density at radius 2 is 1.62 bits per heavy atom. The molecule has 2 aliphatic rings. The van der Waals surface area contributed by atoms with Crippen molar-refractivity contribution in [3.8, 4) is 0 Å². The molecule has 7 nitrogen and oxygen atoms in total. The number of nitrogens with zero attached hydrogens (tertiary/aromatic N) is 3. The fourth-order valence-corrected chi connectivity index (χ4v) is 5.44. The summed E-state index contributed by atoms with van der Waals surface area (Å²) < 4.78 is 0. The highest BCUT2D eigenvalue weighted by molar-refractivity contribution is 5.93. The SMILES string of the molecule is Cc1cc(N(C(C)(C)C)C(C)(C)C)cc2c1N(C(=O)O)[C@H]1CCN(C(=O)O)C[C@@H]21. The molecule has 0 unspecified atom stereocenters. The number of amides is 2.